The van der Waals surface area contributed by atoms with E-state index in [0.29, 0.717) is 6.54 Å². The zero-order valence-electron chi connectivity index (χ0n) is 13.1. The Bertz CT molecular complexity index is 573. The minimum atomic E-state index is -0.0259. The summed E-state index contributed by atoms with van der Waals surface area (Å²) in [7, 11) is 0. The first-order chi connectivity index (χ1) is 9.27. The Labute approximate surface area is 121 Å². The summed E-state index contributed by atoms with van der Waals surface area (Å²) in [4.78, 5) is 0. The second-order valence-electron chi connectivity index (χ2n) is 6.59. The molecule has 3 heteroatoms. The predicted molar refractivity (Wildman–Crippen MR) is 83.8 cm³/mol. The van der Waals surface area contributed by atoms with E-state index in [1.807, 2.05) is 11.6 Å². The second-order valence-corrected chi connectivity index (χ2v) is 6.59. The first-order valence-electron chi connectivity index (χ1n) is 7.14. The topological polar surface area (TPSA) is 43.8 Å². The van der Waals surface area contributed by atoms with Crippen molar-refractivity contribution in [3.63, 3.8) is 0 Å². The Morgan fingerprint density at radius 3 is 2.20 bits per heavy atom. The maximum absolute atomic E-state index is 6.30. The fraction of sp³-hybridized carbons (Fsp3) is 0.471. The normalized spacial score (nSPS) is 13.5. The molecule has 0 aliphatic carbocycles. The smallest absolute Gasteiger partial charge is 0.0605 e. The van der Waals surface area contributed by atoms with E-state index in [9.17, 15) is 0 Å². The monoisotopic (exact) mass is 271 g/mol. The summed E-state index contributed by atoms with van der Waals surface area (Å²) in [5.41, 5.74) is 11.2. The molecule has 0 aliphatic heterocycles. The van der Waals surface area contributed by atoms with Crippen molar-refractivity contribution in [3.8, 4) is 0 Å². The molecular weight excluding hydrogens is 246 g/mol. The molecule has 0 spiro atoms. The minimum absolute atomic E-state index is 0.0259. The van der Waals surface area contributed by atoms with Gasteiger partial charge in [0.1, 0.15) is 0 Å². The van der Waals surface area contributed by atoms with Crippen LogP contribution in [0.2, 0.25) is 0 Å². The van der Waals surface area contributed by atoms with Crippen LogP contribution in [0.25, 0.3) is 0 Å². The van der Waals surface area contributed by atoms with Crippen molar-refractivity contribution in [3.05, 3.63) is 52.8 Å². The highest BCUT2D eigenvalue weighted by molar-refractivity contribution is 5.29. The molecule has 3 nitrogen and oxygen atoms in total. The highest BCUT2D eigenvalue weighted by atomic mass is 15.3. The maximum atomic E-state index is 6.30. The van der Waals surface area contributed by atoms with Gasteiger partial charge in [0, 0.05) is 11.7 Å². The molecular formula is C17H25N3. The minimum Gasteiger partial charge on any atom is -0.322 e. The summed E-state index contributed by atoms with van der Waals surface area (Å²) in [6.45, 7) is 11.4. The zero-order valence-corrected chi connectivity index (χ0v) is 13.1. The maximum Gasteiger partial charge on any atom is 0.0605 e. The van der Waals surface area contributed by atoms with E-state index in [4.69, 9.17) is 5.73 Å². The van der Waals surface area contributed by atoms with Gasteiger partial charge in [-0.05, 0) is 36.5 Å². The van der Waals surface area contributed by atoms with Gasteiger partial charge in [-0.1, -0.05) is 45.0 Å². The number of benzene rings is 1. The fourth-order valence-corrected chi connectivity index (χ4v) is 2.38. The molecule has 0 bridgehead atoms. The zero-order chi connectivity index (χ0) is 14.9. The molecule has 20 heavy (non-hydrogen) atoms. The molecule has 108 valence electrons. The molecule has 0 saturated heterocycles. The lowest BCUT2D eigenvalue weighted by Gasteiger charge is -2.20. The van der Waals surface area contributed by atoms with Gasteiger partial charge >= 0.3 is 0 Å². The van der Waals surface area contributed by atoms with Gasteiger partial charge in [-0.3, -0.25) is 4.68 Å². The Morgan fingerprint density at radius 1 is 1.15 bits per heavy atom. The van der Waals surface area contributed by atoms with Crippen LogP contribution in [0.4, 0.5) is 0 Å². The average Bonchev–Trinajstić information content (AvgIpc) is 2.67. The average molecular weight is 271 g/mol. The van der Waals surface area contributed by atoms with Gasteiger partial charge in [0.2, 0.25) is 0 Å². The van der Waals surface area contributed by atoms with Crippen LogP contribution < -0.4 is 5.73 Å². The molecule has 1 atom stereocenters. The second kappa shape index (κ2) is 5.41. The molecule has 2 aromatic rings. The summed E-state index contributed by atoms with van der Waals surface area (Å²) in [6.07, 6.45) is 0. The van der Waals surface area contributed by atoms with Crippen molar-refractivity contribution in [2.45, 2.75) is 52.6 Å². The molecule has 1 aromatic heterocycles. The lowest BCUT2D eigenvalue weighted by Crippen LogP contribution is -2.19. The van der Waals surface area contributed by atoms with Crippen LogP contribution in [0.15, 0.2) is 30.3 Å². The van der Waals surface area contributed by atoms with E-state index in [-0.39, 0.29) is 11.5 Å². The summed E-state index contributed by atoms with van der Waals surface area (Å²) in [5.74, 6) is 0. The van der Waals surface area contributed by atoms with E-state index in [1.165, 1.54) is 5.56 Å². The van der Waals surface area contributed by atoms with Crippen molar-refractivity contribution >= 4 is 0 Å². The van der Waals surface area contributed by atoms with Crippen LogP contribution in [-0.2, 0) is 12.0 Å². The van der Waals surface area contributed by atoms with Crippen LogP contribution in [-0.4, -0.2) is 9.78 Å². The SMILES string of the molecule is Cc1cc(C)n(CC(N)c2ccc(C(C)(C)C)cc2)n1. The number of nitrogens with zero attached hydrogens (tertiary/aromatic N) is 2. The largest absolute Gasteiger partial charge is 0.322 e. The molecule has 1 unspecified atom stereocenters. The molecule has 0 radical (unpaired) electrons. The standard InChI is InChI=1S/C17H25N3/c1-12-10-13(2)20(19-12)11-16(18)14-6-8-15(9-7-14)17(3,4)5/h6-10,16H,11,18H2,1-5H3. The summed E-state index contributed by atoms with van der Waals surface area (Å²) in [5, 5.41) is 4.47. The van der Waals surface area contributed by atoms with E-state index in [1.54, 1.807) is 0 Å². The summed E-state index contributed by atoms with van der Waals surface area (Å²) < 4.78 is 1.98. The van der Waals surface area contributed by atoms with Crippen LogP contribution in [0.1, 0.15) is 49.3 Å². The molecule has 0 saturated carbocycles. The van der Waals surface area contributed by atoms with E-state index < -0.39 is 0 Å². The Kier molecular flexibility index (Phi) is 4.00. The van der Waals surface area contributed by atoms with Gasteiger partial charge in [0.15, 0.2) is 0 Å². The first kappa shape index (κ1) is 14.8. The lowest BCUT2D eigenvalue weighted by atomic mass is 9.86. The van der Waals surface area contributed by atoms with Gasteiger partial charge in [0.25, 0.3) is 0 Å². The fourth-order valence-electron chi connectivity index (χ4n) is 2.38. The molecule has 2 N–H and O–H groups in total. The van der Waals surface area contributed by atoms with Gasteiger partial charge in [-0.25, -0.2) is 0 Å². The van der Waals surface area contributed by atoms with Crippen molar-refractivity contribution in [2.75, 3.05) is 0 Å². The number of nitrogens with two attached hydrogens (primary N) is 1. The lowest BCUT2D eigenvalue weighted by molar-refractivity contribution is 0.514. The van der Waals surface area contributed by atoms with Crippen LogP contribution in [0.5, 0.6) is 0 Å². The summed E-state index contributed by atoms with van der Waals surface area (Å²) >= 11 is 0. The van der Waals surface area contributed by atoms with Gasteiger partial charge < -0.3 is 5.73 Å². The Hall–Kier alpha value is -1.61. The molecule has 0 fully saturated rings. The Morgan fingerprint density at radius 2 is 1.75 bits per heavy atom. The number of aromatic nitrogens is 2. The third-order valence-electron chi connectivity index (χ3n) is 3.68. The van der Waals surface area contributed by atoms with E-state index in [2.05, 4.69) is 63.1 Å². The molecule has 1 aromatic carbocycles. The van der Waals surface area contributed by atoms with Crippen molar-refractivity contribution in [1.29, 1.82) is 0 Å². The first-order valence-corrected chi connectivity index (χ1v) is 7.14. The van der Waals surface area contributed by atoms with E-state index in [0.717, 1.165) is 17.0 Å². The van der Waals surface area contributed by atoms with Crippen molar-refractivity contribution < 1.29 is 0 Å². The molecule has 0 amide bonds. The van der Waals surface area contributed by atoms with Gasteiger partial charge in [0.05, 0.1) is 12.2 Å². The third-order valence-corrected chi connectivity index (χ3v) is 3.68. The van der Waals surface area contributed by atoms with Crippen LogP contribution >= 0.6 is 0 Å². The number of rotatable bonds is 3. The number of aryl methyl sites for hydroxylation is 2. The molecule has 1 heterocycles. The molecule has 2 rings (SSSR count). The Balaban J connectivity index is 2.13. The highest BCUT2D eigenvalue weighted by Gasteiger charge is 2.15. The van der Waals surface area contributed by atoms with Gasteiger partial charge in [-0.2, -0.15) is 5.10 Å². The quantitative estimate of drug-likeness (QED) is 0.928. The van der Waals surface area contributed by atoms with Crippen LogP contribution in [0.3, 0.4) is 0 Å². The van der Waals surface area contributed by atoms with Crippen molar-refractivity contribution in [1.82, 2.24) is 9.78 Å². The number of hydrogen-bond donors (Lipinski definition) is 1. The van der Waals surface area contributed by atoms with Crippen LogP contribution in [0, 0.1) is 13.8 Å². The highest BCUT2D eigenvalue weighted by Crippen LogP contribution is 2.24. The molecule has 0 aliphatic rings. The number of hydrogen-bond acceptors (Lipinski definition) is 2. The van der Waals surface area contributed by atoms with Crippen molar-refractivity contribution in [2.24, 2.45) is 5.73 Å². The summed E-state index contributed by atoms with van der Waals surface area (Å²) in [6, 6.07) is 10.7. The predicted octanol–water partition coefficient (Wildman–Crippen LogP) is 3.50. The van der Waals surface area contributed by atoms with E-state index >= 15 is 0 Å². The third kappa shape index (κ3) is 3.28. The van der Waals surface area contributed by atoms with Gasteiger partial charge in [-0.15, -0.1) is 0 Å².